The van der Waals surface area contributed by atoms with Crippen LogP contribution in [0.1, 0.15) is 39.3 Å². The van der Waals surface area contributed by atoms with Crippen LogP contribution in [0.4, 0.5) is 14.6 Å². The summed E-state index contributed by atoms with van der Waals surface area (Å²) in [7, 11) is 1.42. The van der Waals surface area contributed by atoms with Crippen LogP contribution in [-0.2, 0) is 19.0 Å². The lowest BCUT2D eigenvalue weighted by atomic mass is 10.1. The molecule has 1 saturated heterocycles. The molecule has 1 aliphatic rings. The fourth-order valence-electron chi connectivity index (χ4n) is 2.65. The average molecular weight is 389 g/mol. The Balaban J connectivity index is 2.04. The van der Waals surface area contributed by atoms with Crippen LogP contribution in [0.2, 0.25) is 0 Å². The molecule has 1 aromatic rings. The van der Waals surface area contributed by atoms with Crippen molar-refractivity contribution in [1.82, 2.24) is 9.55 Å². The molecular weight excluding hydrogens is 364 g/mol. The zero-order valence-electron chi connectivity index (χ0n) is 15.6. The molecule has 1 amide bonds. The molecule has 8 nitrogen and oxygen atoms in total. The summed E-state index contributed by atoms with van der Waals surface area (Å²) < 4.78 is 44.2. The third-order valence-corrected chi connectivity index (χ3v) is 3.99. The Hall–Kier alpha value is -1.91. The number of hydrogen-bond donors (Lipinski definition) is 1. The molecule has 1 N–H and O–H groups in total. The van der Waals surface area contributed by atoms with Gasteiger partial charge in [-0.15, -0.1) is 0 Å². The molecule has 1 aromatic heterocycles. The number of nitrogens with zero attached hydrogens (tertiary/aromatic N) is 2. The number of alkyl halides is 2. The van der Waals surface area contributed by atoms with Gasteiger partial charge in [0.2, 0.25) is 12.1 Å². The van der Waals surface area contributed by atoms with Crippen molar-refractivity contribution in [3.05, 3.63) is 22.7 Å². The second-order valence-corrected chi connectivity index (χ2v) is 6.84. The fraction of sp³-hybridized carbons (Fsp3) is 0.706. The van der Waals surface area contributed by atoms with Crippen LogP contribution in [0.15, 0.2) is 17.1 Å². The average Bonchev–Trinajstić information content (AvgIpc) is 2.88. The number of carbonyl (C=O) groups is 1. The summed E-state index contributed by atoms with van der Waals surface area (Å²) in [6.45, 7) is 3.86. The molecule has 0 aliphatic carbocycles. The number of hydrogen-bond acceptors (Lipinski definition) is 6. The molecule has 0 aromatic carbocycles. The third-order valence-electron chi connectivity index (χ3n) is 3.99. The summed E-state index contributed by atoms with van der Waals surface area (Å²) in [5.41, 5.74) is -0.931. The van der Waals surface area contributed by atoms with E-state index in [0.29, 0.717) is 12.3 Å². The molecule has 1 aliphatic heterocycles. The van der Waals surface area contributed by atoms with Gasteiger partial charge in [0, 0.05) is 26.1 Å². The highest BCUT2D eigenvalue weighted by molar-refractivity contribution is 5.89. The summed E-state index contributed by atoms with van der Waals surface area (Å²) in [6.07, 6.45) is -1.11. The standard InChI is InChI=1S/C17H25F2N3O5/c1-11(2)4-5-14(23)20-13-6-7-22(16(24)21-13)15-17(18,19)8-12(27-15)9-26-10-25-3/h6-7,11-12,15H,4-5,8-10H2,1-3H3,(H,20,21,23,24). The SMILES string of the molecule is COCOCC1CC(F)(F)C(n2ccc(NC(=O)CCC(C)C)nc2=O)O1. The van der Waals surface area contributed by atoms with Gasteiger partial charge in [0.15, 0.2) is 0 Å². The smallest absolute Gasteiger partial charge is 0.351 e. The van der Waals surface area contributed by atoms with Crippen LogP contribution in [0.25, 0.3) is 0 Å². The van der Waals surface area contributed by atoms with Crippen molar-refractivity contribution in [2.45, 2.75) is 51.4 Å². The maximum atomic E-state index is 14.3. The highest BCUT2D eigenvalue weighted by Crippen LogP contribution is 2.41. The van der Waals surface area contributed by atoms with Crippen LogP contribution >= 0.6 is 0 Å². The van der Waals surface area contributed by atoms with Gasteiger partial charge >= 0.3 is 5.69 Å². The zero-order valence-corrected chi connectivity index (χ0v) is 15.6. The van der Waals surface area contributed by atoms with Crippen LogP contribution in [0.5, 0.6) is 0 Å². The summed E-state index contributed by atoms with van der Waals surface area (Å²) in [5, 5.41) is 2.49. The van der Waals surface area contributed by atoms with Crippen LogP contribution in [0.3, 0.4) is 0 Å². The van der Waals surface area contributed by atoms with E-state index in [0.717, 1.165) is 10.8 Å². The fourth-order valence-corrected chi connectivity index (χ4v) is 2.65. The van der Waals surface area contributed by atoms with E-state index >= 15 is 0 Å². The highest BCUT2D eigenvalue weighted by Gasteiger charge is 2.51. The Bertz CT molecular complexity index is 695. The molecule has 27 heavy (non-hydrogen) atoms. The number of amides is 1. The van der Waals surface area contributed by atoms with E-state index < -0.39 is 30.4 Å². The van der Waals surface area contributed by atoms with E-state index in [1.54, 1.807) is 0 Å². The lowest BCUT2D eigenvalue weighted by Gasteiger charge is -2.20. The number of aromatic nitrogens is 2. The second-order valence-electron chi connectivity index (χ2n) is 6.84. The Morgan fingerprint density at radius 1 is 1.52 bits per heavy atom. The first-order valence-electron chi connectivity index (χ1n) is 8.72. The molecule has 2 atom stereocenters. The van der Waals surface area contributed by atoms with E-state index in [1.165, 1.54) is 13.2 Å². The first-order valence-corrected chi connectivity index (χ1v) is 8.72. The van der Waals surface area contributed by atoms with Gasteiger partial charge in [0.05, 0.1) is 12.7 Å². The quantitative estimate of drug-likeness (QED) is 0.514. The maximum absolute atomic E-state index is 14.3. The number of methoxy groups -OCH3 is 1. The number of anilines is 1. The Morgan fingerprint density at radius 3 is 2.89 bits per heavy atom. The minimum Gasteiger partial charge on any atom is -0.359 e. The highest BCUT2D eigenvalue weighted by atomic mass is 19.3. The third kappa shape index (κ3) is 6.05. The normalized spacial score (nSPS) is 21.6. The zero-order chi connectivity index (χ0) is 20.0. The van der Waals surface area contributed by atoms with Gasteiger partial charge in [-0.25, -0.2) is 13.6 Å². The predicted octanol–water partition coefficient (Wildman–Crippen LogP) is 2.16. The van der Waals surface area contributed by atoms with Gasteiger partial charge in [-0.3, -0.25) is 9.36 Å². The van der Waals surface area contributed by atoms with Gasteiger partial charge in [0.25, 0.3) is 5.92 Å². The number of nitrogens with one attached hydrogen (secondary N) is 1. The molecule has 2 rings (SSSR count). The topological polar surface area (TPSA) is 91.7 Å². The number of ether oxygens (including phenoxy) is 3. The number of halogens is 2. The first kappa shape index (κ1) is 21.4. The molecule has 1 fully saturated rings. The van der Waals surface area contributed by atoms with E-state index in [1.807, 2.05) is 13.8 Å². The minimum atomic E-state index is -3.26. The molecule has 0 radical (unpaired) electrons. The summed E-state index contributed by atoms with van der Waals surface area (Å²) in [4.78, 5) is 27.6. The molecular formula is C17H25F2N3O5. The van der Waals surface area contributed by atoms with Crippen molar-refractivity contribution in [3.8, 4) is 0 Å². The lowest BCUT2D eigenvalue weighted by Crippen LogP contribution is -2.35. The Morgan fingerprint density at radius 2 is 2.26 bits per heavy atom. The van der Waals surface area contributed by atoms with Gasteiger partial charge in [0.1, 0.15) is 12.6 Å². The van der Waals surface area contributed by atoms with Gasteiger partial charge in [-0.1, -0.05) is 13.8 Å². The minimum absolute atomic E-state index is 0.0197. The molecule has 2 unspecified atom stereocenters. The van der Waals surface area contributed by atoms with E-state index in [2.05, 4.69) is 10.3 Å². The number of rotatable bonds is 9. The van der Waals surface area contributed by atoms with E-state index in [9.17, 15) is 18.4 Å². The predicted molar refractivity (Wildman–Crippen MR) is 92.5 cm³/mol. The molecule has 0 saturated carbocycles. The largest absolute Gasteiger partial charge is 0.359 e. The Kier molecular flexibility index (Phi) is 7.40. The summed E-state index contributed by atoms with van der Waals surface area (Å²) >= 11 is 0. The van der Waals surface area contributed by atoms with Crippen LogP contribution in [0, 0.1) is 5.92 Å². The molecule has 0 bridgehead atoms. The van der Waals surface area contributed by atoms with Crippen molar-refractivity contribution >= 4 is 11.7 Å². The van der Waals surface area contributed by atoms with Crippen molar-refractivity contribution in [2.24, 2.45) is 5.92 Å². The van der Waals surface area contributed by atoms with E-state index in [-0.39, 0.29) is 31.5 Å². The number of carbonyl (C=O) groups excluding carboxylic acids is 1. The van der Waals surface area contributed by atoms with Gasteiger partial charge in [-0.2, -0.15) is 4.98 Å². The molecule has 152 valence electrons. The van der Waals surface area contributed by atoms with Crippen LogP contribution < -0.4 is 11.0 Å². The van der Waals surface area contributed by atoms with Gasteiger partial charge < -0.3 is 19.5 Å². The van der Waals surface area contributed by atoms with Crippen molar-refractivity contribution < 1.29 is 27.8 Å². The summed E-state index contributed by atoms with van der Waals surface area (Å²) in [5.74, 6) is -3.16. The monoisotopic (exact) mass is 389 g/mol. The lowest BCUT2D eigenvalue weighted by molar-refractivity contribution is -0.129. The summed E-state index contributed by atoms with van der Waals surface area (Å²) in [6, 6.07) is 1.29. The molecule has 10 heteroatoms. The molecule has 0 spiro atoms. The second kappa shape index (κ2) is 9.34. The van der Waals surface area contributed by atoms with Crippen molar-refractivity contribution in [2.75, 3.05) is 25.8 Å². The Labute approximate surface area is 155 Å². The van der Waals surface area contributed by atoms with Crippen LogP contribution in [-0.4, -0.2) is 48.0 Å². The molecule has 2 heterocycles. The maximum Gasteiger partial charge on any atom is 0.351 e. The van der Waals surface area contributed by atoms with Gasteiger partial charge in [-0.05, 0) is 18.4 Å². The van der Waals surface area contributed by atoms with Crippen molar-refractivity contribution in [3.63, 3.8) is 0 Å². The van der Waals surface area contributed by atoms with E-state index in [4.69, 9.17) is 14.2 Å². The van der Waals surface area contributed by atoms with Crippen molar-refractivity contribution in [1.29, 1.82) is 0 Å². The first-order chi connectivity index (χ1) is 12.7.